The molecular formula is C24H29ClN2O4. The zero-order valence-corrected chi connectivity index (χ0v) is 18.6. The zero-order valence-electron chi connectivity index (χ0n) is 17.8. The maximum atomic E-state index is 12.5. The molecule has 0 aromatic heterocycles. The average molecular weight is 445 g/mol. The number of ether oxygens (including phenoxy) is 2. The predicted octanol–water partition coefficient (Wildman–Crippen LogP) is 4.78. The number of piperidine rings is 1. The summed E-state index contributed by atoms with van der Waals surface area (Å²) >= 11 is 6.11. The van der Waals surface area contributed by atoms with Crippen molar-refractivity contribution < 1.29 is 19.1 Å². The van der Waals surface area contributed by atoms with Crippen LogP contribution in [0.15, 0.2) is 48.5 Å². The van der Waals surface area contributed by atoms with Crippen molar-refractivity contribution in [2.45, 2.75) is 32.1 Å². The van der Waals surface area contributed by atoms with Crippen LogP contribution >= 0.6 is 11.6 Å². The first-order chi connectivity index (χ1) is 15.0. The quantitative estimate of drug-likeness (QED) is 0.604. The number of hydrogen-bond donors (Lipinski definition) is 1. The number of likely N-dealkylation sites (tertiary alicyclic amines) is 1. The van der Waals surface area contributed by atoms with Gasteiger partial charge >= 0.3 is 0 Å². The first-order valence-corrected chi connectivity index (χ1v) is 11.0. The molecule has 2 aromatic rings. The van der Waals surface area contributed by atoms with Crippen molar-refractivity contribution >= 4 is 29.1 Å². The van der Waals surface area contributed by atoms with Crippen LogP contribution in [0, 0.1) is 5.92 Å². The maximum absolute atomic E-state index is 12.5. The lowest BCUT2D eigenvalue weighted by molar-refractivity contribution is -0.133. The molecule has 0 bridgehead atoms. The highest BCUT2D eigenvalue weighted by molar-refractivity contribution is 6.32. The first-order valence-electron chi connectivity index (χ1n) is 10.6. The first kappa shape index (κ1) is 22.9. The van der Waals surface area contributed by atoms with Gasteiger partial charge in [0.15, 0.2) is 0 Å². The van der Waals surface area contributed by atoms with Crippen LogP contribution in [0.5, 0.6) is 11.5 Å². The molecule has 1 aliphatic rings. The Hall–Kier alpha value is -2.73. The van der Waals surface area contributed by atoms with Crippen molar-refractivity contribution in [2.75, 3.05) is 32.1 Å². The van der Waals surface area contributed by atoms with E-state index >= 15 is 0 Å². The van der Waals surface area contributed by atoms with Gasteiger partial charge in [0.25, 0.3) is 0 Å². The Balaban J connectivity index is 1.39. The third-order valence-electron chi connectivity index (χ3n) is 5.41. The lowest BCUT2D eigenvalue weighted by Crippen LogP contribution is -2.40. The van der Waals surface area contributed by atoms with E-state index < -0.39 is 0 Å². The summed E-state index contributed by atoms with van der Waals surface area (Å²) in [7, 11) is 1.55. The average Bonchev–Trinajstić information content (AvgIpc) is 2.79. The highest BCUT2D eigenvalue weighted by Gasteiger charge is 2.24. The number of benzene rings is 2. The molecule has 1 N–H and O–H groups in total. The molecule has 2 amide bonds. The largest absolute Gasteiger partial charge is 0.495 e. The number of carbonyl (C=O) groups excluding carboxylic acids is 2. The molecule has 2 aromatic carbocycles. The Labute approximate surface area is 188 Å². The minimum absolute atomic E-state index is 0.0547. The van der Waals surface area contributed by atoms with Gasteiger partial charge in [-0.3, -0.25) is 9.59 Å². The van der Waals surface area contributed by atoms with E-state index in [-0.39, 0.29) is 11.8 Å². The molecule has 3 rings (SSSR count). The third kappa shape index (κ3) is 7.17. The van der Waals surface area contributed by atoms with Crippen molar-refractivity contribution in [3.05, 3.63) is 53.6 Å². The highest BCUT2D eigenvalue weighted by atomic mass is 35.5. The SMILES string of the molecule is COc1ccc(NC(=O)CC[C@H]2CCCN(C(=O)CCOc3ccccc3)C2)cc1Cl. The number of carbonyl (C=O) groups is 2. The van der Waals surface area contributed by atoms with E-state index in [9.17, 15) is 9.59 Å². The van der Waals surface area contributed by atoms with Crippen LogP contribution in [0.3, 0.4) is 0 Å². The van der Waals surface area contributed by atoms with Gasteiger partial charge in [-0.05, 0) is 55.5 Å². The topological polar surface area (TPSA) is 67.9 Å². The van der Waals surface area contributed by atoms with E-state index in [4.69, 9.17) is 21.1 Å². The molecule has 1 aliphatic heterocycles. The molecule has 1 atom stereocenters. The second-order valence-corrected chi connectivity index (χ2v) is 8.10. The standard InChI is InChI=1S/C24H29ClN2O4/c1-30-22-11-10-19(16-21(22)25)26-23(28)12-9-18-6-5-14-27(17-18)24(29)13-15-31-20-7-3-2-4-8-20/h2-4,7-8,10-11,16,18H,5-6,9,12-15,17H2,1H3,(H,26,28)/t18-/m1/s1. The van der Waals surface area contributed by atoms with Crippen molar-refractivity contribution in [3.8, 4) is 11.5 Å². The van der Waals surface area contributed by atoms with Gasteiger partial charge in [-0.25, -0.2) is 0 Å². The van der Waals surface area contributed by atoms with Gasteiger partial charge in [0.05, 0.1) is 25.2 Å². The number of rotatable bonds is 9. The smallest absolute Gasteiger partial charge is 0.226 e. The summed E-state index contributed by atoms with van der Waals surface area (Å²) < 4.78 is 10.8. The number of nitrogens with zero attached hydrogens (tertiary/aromatic N) is 1. The summed E-state index contributed by atoms with van der Waals surface area (Å²) in [4.78, 5) is 26.8. The molecule has 1 saturated heterocycles. The van der Waals surface area contributed by atoms with Crippen LogP contribution in [0.2, 0.25) is 5.02 Å². The molecule has 7 heteroatoms. The van der Waals surface area contributed by atoms with E-state index in [1.165, 1.54) is 0 Å². The summed E-state index contributed by atoms with van der Waals surface area (Å²) in [6.07, 6.45) is 3.52. The van der Waals surface area contributed by atoms with Crippen molar-refractivity contribution in [2.24, 2.45) is 5.92 Å². The lowest BCUT2D eigenvalue weighted by Gasteiger charge is -2.33. The Morgan fingerprint density at radius 1 is 1.16 bits per heavy atom. The van der Waals surface area contributed by atoms with Gasteiger partial charge in [0.1, 0.15) is 11.5 Å². The molecule has 0 aliphatic carbocycles. The summed E-state index contributed by atoms with van der Waals surface area (Å²) in [5.41, 5.74) is 0.648. The molecule has 0 spiro atoms. The maximum Gasteiger partial charge on any atom is 0.226 e. The summed E-state index contributed by atoms with van der Waals surface area (Å²) in [6, 6.07) is 14.7. The van der Waals surface area contributed by atoms with Gasteiger partial charge in [-0.15, -0.1) is 0 Å². The number of amides is 2. The van der Waals surface area contributed by atoms with Crippen LogP contribution < -0.4 is 14.8 Å². The van der Waals surface area contributed by atoms with Crippen molar-refractivity contribution in [3.63, 3.8) is 0 Å². The summed E-state index contributed by atoms with van der Waals surface area (Å²) in [5.74, 6) is 1.73. The number of para-hydroxylation sites is 1. The Morgan fingerprint density at radius 2 is 1.97 bits per heavy atom. The monoisotopic (exact) mass is 444 g/mol. The fourth-order valence-electron chi connectivity index (χ4n) is 3.76. The molecule has 1 heterocycles. The van der Waals surface area contributed by atoms with Crippen molar-refractivity contribution in [1.82, 2.24) is 4.90 Å². The van der Waals surface area contributed by atoms with Crippen LogP contribution in [0.1, 0.15) is 32.1 Å². The number of halogens is 1. The molecule has 0 radical (unpaired) electrons. The van der Waals surface area contributed by atoms with Gasteiger partial charge in [-0.1, -0.05) is 29.8 Å². The minimum atomic E-state index is -0.0547. The van der Waals surface area contributed by atoms with Crippen LogP contribution in [0.4, 0.5) is 5.69 Å². The van der Waals surface area contributed by atoms with E-state index in [2.05, 4.69) is 5.32 Å². The molecule has 31 heavy (non-hydrogen) atoms. The molecule has 6 nitrogen and oxygen atoms in total. The summed E-state index contributed by atoms with van der Waals surface area (Å²) in [5, 5.41) is 3.33. The van der Waals surface area contributed by atoms with Gasteiger partial charge in [0, 0.05) is 25.2 Å². The minimum Gasteiger partial charge on any atom is -0.495 e. The van der Waals surface area contributed by atoms with Crippen molar-refractivity contribution in [1.29, 1.82) is 0 Å². The van der Waals surface area contributed by atoms with E-state index in [0.717, 1.165) is 31.6 Å². The van der Waals surface area contributed by atoms with Gasteiger partial charge in [0.2, 0.25) is 11.8 Å². The van der Waals surface area contributed by atoms with Gasteiger partial charge < -0.3 is 19.7 Å². The van der Waals surface area contributed by atoms with E-state index in [1.807, 2.05) is 35.2 Å². The Kier molecular flexibility index (Phi) is 8.59. The second kappa shape index (κ2) is 11.6. The third-order valence-corrected chi connectivity index (χ3v) is 5.71. The number of nitrogens with one attached hydrogen (secondary N) is 1. The molecule has 0 unspecified atom stereocenters. The van der Waals surface area contributed by atoms with Gasteiger partial charge in [-0.2, -0.15) is 0 Å². The normalized spacial score (nSPS) is 15.9. The van der Waals surface area contributed by atoms with E-state index in [0.29, 0.717) is 48.4 Å². The van der Waals surface area contributed by atoms with E-state index in [1.54, 1.807) is 25.3 Å². The van der Waals surface area contributed by atoms with Crippen LogP contribution in [-0.2, 0) is 9.59 Å². The molecular weight excluding hydrogens is 416 g/mol. The number of methoxy groups -OCH3 is 1. The molecule has 1 fully saturated rings. The molecule has 166 valence electrons. The Bertz CT molecular complexity index is 875. The molecule has 0 saturated carbocycles. The van der Waals surface area contributed by atoms with Crippen LogP contribution in [-0.4, -0.2) is 43.5 Å². The van der Waals surface area contributed by atoms with Crippen LogP contribution in [0.25, 0.3) is 0 Å². The second-order valence-electron chi connectivity index (χ2n) is 7.70. The lowest BCUT2D eigenvalue weighted by atomic mass is 9.93. The zero-order chi connectivity index (χ0) is 22.1. The summed E-state index contributed by atoms with van der Waals surface area (Å²) in [6.45, 7) is 1.85. The fraction of sp³-hybridized carbons (Fsp3) is 0.417. The number of hydrogen-bond acceptors (Lipinski definition) is 4. The predicted molar refractivity (Wildman–Crippen MR) is 122 cm³/mol. The highest BCUT2D eigenvalue weighted by Crippen LogP contribution is 2.27. The fourth-order valence-corrected chi connectivity index (χ4v) is 4.02. The Morgan fingerprint density at radius 3 is 2.71 bits per heavy atom. The number of anilines is 1.